The molecule has 1 aromatic carbocycles. The van der Waals surface area contributed by atoms with E-state index >= 15 is 0 Å². The molecule has 0 amide bonds. The van der Waals surface area contributed by atoms with Crippen LogP contribution in [0.3, 0.4) is 0 Å². The van der Waals surface area contributed by atoms with Crippen molar-refractivity contribution in [2.75, 3.05) is 5.73 Å². The molecule has 0 aliphatic heterocycles. The lowest BCUT2D eigenvalue weighted by Crippen LogP contribution is -2.03. The maximum Gasteiger partial charge on any atom is 0.125 e. The molecule has 0 saturated heterocycles. The predicted octanol–water partition coefficient (Wildman–Crippen LogP) is 2.16. The molecule has 2 rings (SSSR count). The van der Waals surface area contributed by atoms with Gasteiger partial charge >= 0.3 is 0 Å². The second-order valence-electron chi connectivity index (χ2n) is 3.27. The minimum Gasteiger partial charge on any atom is -0.397 e. The van der Waals surface area contributed by atoms with Crippen molar-refractivity contribution in [3.63, 3.8) is 0 Å². The Hall–Kier alpha value is -1.84. The second-order valence-corrected chi connectivity index (χ2v) is 3.27. The Morgan fingerprint density at radius 2 is 2.27 bits per heavy atom. The lowest BCUT2D eigenvalue weighted by Gasteiger charge is -2.09. The zero-order chi connectivity index (χ0) is 10.8. The Bertz CT molecular complexity index is 476. The summed E-state index contributed by atoms with van der Waals surface area (Å²) in [6.45, 7) is 1.99. The van der Waals surface area contributed by atoms with E-state index in [0.29, 0.717) is 11.4 Å². The largest absolute Gasteiger partial charge is 0.397 e. The molecule has 0 radical (unpaired) electrons. The normalized spacial score (nSPS) is 10.5. The first-order valence-electron chi connectivity index (χ1n) is 4.80. The summed E-state index contributed by atoms with van der Waals surface area (Å²) in [5.41, 5.74) is 6.98. The first-order valence-corrected chi connectivity index (χ1v) is 4.80. The predicted molar refractivity (Wildman–Crippen MR) is 57.3 cm³/mol. The van der Waals surface area contributed by atoms with E-state index < -0.39 is 0 Å². The van der Waals surface area contributed by atoms with Crippen LogP contribution in [0.25, 0.3) is 5.69 Å². The van der Waals surface area contributed by atoms with Crippen molar-refractivity contribution in [1.29, 1.82) is 0 Å². The zero-order valence-corrected chi connectivity index (χ0v) is 8.44. The van der Waals surface area contributed by atoms with E-state index in [2.05, 4.69) is 4.98 Å². The van der Waals surface area contributed by atoms with Gasteiger partial charge in [0, 0.05) is 18.8 Å². The number of halogens is 1. The van der Waals surface area contributed by atoms with E-state index in [0.717, 1.165) is 12.2 Å². The monoisotopic (exact) mass is 205 g/mol. The Labute approximate surface area is 87.4 Å². The molecule has 0 spiro atoms. The molecule has 0 aliphatic rings. The minimum atomic E-state index is -0.296. The zero-order valence-electron chi connectivity index (χ0n) is 8.44. The van der Waals surface area contributed by atoms with Gasteiger partial charge in [-0.15, -0.1) is 0 Å². The number of nitrogens with zero attached hydrogens (tertiary/aromatic N) is 2. The minimum absolute atomic E-state index is 0.296. The number of imidazole rings is 1. The fourth-order valence-electron chi connectivity index (χ4n) is 1.54. The topological polar surface area (TPSA) is 43.8 Å². The Kier molecular flexibility index (Phi) is 2.41. The van der Waals surface area contributed by atoms with Gasteiger partial charge < -0.3 is 10.3 Å². The van der Waals surface area contributed by atoms with Crippen molar-refractivity contribution >= 4 is 5.69 Å². The van der Waals surface area contributed by atoms with E-state index in [1.165, 1.54) is 12.1 Å². The average molecular weight is 205 g/mol. The summed E-state index contributed by atoms with van der Waals surface area (Å²) >= 11 is 0. The Morgan fingerprint density at radius 1 is 1.47 bits per heavy atom. The number of hydrogen-bond donors (Lipinski definition) is 1. The molecule has 1 heterocycles. The number of aryl methyl sites for hydroxylation is 1. The molecule has 2 aromatic rings. The highest BCUT2D eigenvalue weighted by atomic mass is 19.1. The van der Waals surface area contributed by atoms with Gasteiger partial charge in [0.25, 0.3) is 0 Å². The van der Waals surface area contributed by atoms with Crippen molar-refractivity contribution in [1.82, 2.24) is 9.55 Å². The summed E-state index contributed by atoms with van der Waals surface area (Å²) in [5.74, 6) is 0.572. The summed E-state index contributed by atoms with van der Waals surface area (Å²) in [4.78, 5) is 4.17. The number of anilines is 1. The summed E-state index contributed by atoms with van der Waals surface area (Å²) in [6.07, 6.45) is 4.25. The maximum absolute atomic E-state index is 13.1. The van der Waals surface area contributed by atoms with Crippen LogP contribution in [0.1, 0.15) is 12.7 Å². The van der Waals surface area contributed by atoms with Crippen LogP contribution in [0.5, 0.6) is 0 Å². The molecule has 3 nitrogen and oxygen atoms in total. The Morgan fingerprint density at radius 3 is 3.00 bits per heavy atom. The van der Waals surface area contributed by atoms with Gasteiger partial charge in [-0.3, -0.25) is 0 Å². The smallest absolute Gasteiger partial charge is 0.125 e. The number of nitrogens with two attached hydrogens (primary N) is 1. The van der Waals surface area contributed by atoms with Gasteiger partial charge in [0.2, 0.25) is 0 Å². The van der Waals surface area contributed by atoms with E-state index in [9.17, 15) is 4.39 Å². The SMILES string of the molecule is CCc1nccn1-c1cc(F)ccc1N. The molecule has 1 aromatic heterocycles. The fourth-order valence-corrected chi connectivity index (χ4v) is 1.54. The molecule has 0 unspecified atom stereocenters. The molecule has 15 heavy (non-hydrogen) atoms. The van der Waals surface area contributed by atoms with Crippen LogP contribution < -0.4 is 5.73 Å². The van der Waals surface area contributed by atoms with E-state index in [4.69, 9.17) is 5.73 Å². The maximum atomic E-state index is 13.1. The molecule has 78 valence electrons. The van der Waals surface area contributed by atoms with Gasteiger partial charge in [0.1, 0.15) is 11.6 Å². The van der Waals surface area contributed by atoms with Crippen LogP contribution in [0.2, 0.25) is 0 Å². The second kappa shape index (κ2) is 3.73. The lowest BCUT2D eigenvalue weighted by molar-refractivity contribution is 0.626. The van der Waals surface area contributed by atoms with Crippen LogP contribution in [0, 0.1) is 5.82 Å². The number of aromatic nitrogens is 2. The molecular weight excluding hydrogens is 193 g/mol. The summed E-state index contributed by atoms with van der Waals surface area (Å²) in [7, 11) is 0. The first-order chi connectivity index (χ1) is 7.22. The van der Waals surface area contributed by atoms with Crippen LogP contribution in [-0.2, 0) is 6.42 Å². The van der Waals surface area contributed by atoms with Crippen LogP contribution in [-0.4, -0.2) is 9.55 Å². The third kappa shape index (κ3) is 1.70. The standard InChI is InChI=1S/C11H12FN3/c1-2-11-14-5-6-15(11)10-7-8(12)3-4-9(10)13/h3-7H,2,13H2,1H3. The summed E-state index contributed by atoms with van der Waals surface area (Å²) in [6, 6.07) is 4.32. The number of rotatable bonds is 2. The highest BCUT2D eigenvalue weighted by Crippen LogP contribution is 2.19. The van der Waals surface area contributed by atoms with Crippen molar-refractivity contribution in [3.05, 3.63) is 42.2 Å². The number of nitrogen functional groups attached to an aromatic ring is 1. The molecule has 4 heteroatoms. The van der Waals surface area contributed by atoms with Crippen LogP contribution in [0.15, 0.2) is 30.6 Å². The third-order valence-corrected chi connectivity index (χ3v) is 2.29. The Balaban J connectivity index is 2.58. The van der Waals surface area contributed by atoms with Crippen molar-refractivity contribution in [3.8, 4) is 5.69 Å². The van der Waals surface area contributed by atoms with Gasteiger partial charge in [-0.05, 0) is 18.2 Å². The van der Waals surface area contributed by atoms with E-state index in [-0.39, 0.29) is 5.82 Å². The summed E-state index contributed by atoms with van der Waals surface area (Å²) < 4.78 is 14.9. The van der Waals surface area contributed by atoms with Gasteiger partial charge in [-0.2, -0.15) is 0 Å². The first kappa shape index (κ1) is 9.71. The van der Waals surface area contributed by atoms with Crippen molar-refractivity contribution in [2.45, 2.75) is 13.3 Å². The van der Waals surface area contributed by atoms with E-state index in [1.807, 2.05) is 6.92 Å². The van der Waals surface area contributed by atoms with Crippen molar-refractivity contribution in [2.24, 2.45) is 0 Å². The third-order valence-electron chi connectivity index (χ3n) is 2.29. The molecule has 2 N–H and O–H groups in total. The highest BCUT2D eigenvalue weighted by Gasteiger charge is 2.07. The van der Waals surface area contributed by atoms with Gasteiger partial charge in [-0.1, -0.05) is 6.92 Å². The van der Waals surface area contributed by atoms with Gasteiger partial charge in [-0.25, -0.2) is 9.37 Å². The highest BCUT2D eigenvalue weighted by molar-refractivity contribution is 5.58. The lowest BCUT2D eigenvalue weighted by atomic mass is 10.2. The van der Waals surface area contributed by atoms with Crippen LogP contribution in [0.4, 0.5) is 10.1 Å². The van der Waals surface area contributed by atoms with E-state index in [1.54, 1.807) is 23.0 Å². The number of hydrogen-bond acceptors (Lipinski definition) is 2. The molecule has 0 saturated carbocycles. The summed E-state index contributed by atoms with van der Waals surface area (Å²) in [5, 5.41) is 0. The molecule has 0 aliphatic carbocycles. The van der Waals surface area contributed by atoms with Gasteiger partial charge in [0.05, 0.1) is 11.4 Å². The molecule has 0 bridgehead atoms. The molecule has 0 atom stereocenters. The molecule has 0 fully saturated rings. The molecular formula is C11H12FN3. The average Bonchev–Trinajstić information content (AvgIpc) is 2.69. The van der Waals surface area contributed by atoms with Crippen molar-refractivity contribution < 1.29 is 4.39 Å². The van der Waals surface area contributed by atoms with Crippen LogP contribution >= 0.6 is 0 Å². The fraction of sp³-hybridized carbons (Fsp3) is 0.182. The van der Waals surface area contributed by atoms with Gasteiger partial charge in [0.15, 0.2) is 0 Å². The number of benzene rings is 1. The quantitative estimate of drug-likeness (QED) is 0.763.